The molecular weight excluding hydrogens is 589 g/mol. The summed E-state index contributed by atoms with van der Waals surface area (Å²) in [5, 5.41) is 4.47. The molecule has 6 rings (SSSR count). The zero-order valence-corrected chi connectivity index (χ0v) is 24.7. The second-order valence-electron chi connectivity index (χ2n) is 9.76. The number of nitrogens with zero attached hydrogens (tertiary/aromatic N) is 2. The van der Waals surface area contributed by atoms with Crippen molar-refractivity contribution in [3.05, 3.63) is 135 Å². The first-order chi connectivity index (χ1) is 20.3. The number of fused-ring (bicyclic) bond motifs is 1. The van der Waals surface area contributed by atoms with Crippen LogP contribution in [0.2, 0.25) is 5.02 Å². The second-order valence-corrected chi connectivity index (χ2v) is 11.9. The van der Waals surface area contributed by atoms with E-state index in [0.717, 1.165) is 27.7 Å². The molecule has 1 saturated heterocycles. The van der Waals surface area contributed by atoms with Gasteiger partial charge in [-0.05, 0) is 79.2 Å². The molecule has 5 nitrogen and oxygen atoms in total. The summed E-state index contributed by atoms with van der Waals surface area (Å²) in [6, 6.07) is 28.1. The standard InChI is InChI=1S/C33H23ClFN3O2S2/c1-20-28(27-7-2-3-8-29(27)37(20)19-21-9-11-23(34)12-10-21)18-30-32(40)38(33(41)42-30)26-6-4-5-22(17-26)31(39)36-25-15-13-24(35)14-16-25/h2-18H,19H2,1H3,(H,36,39)/b30-18+. The maximum atomic E-state index is 13.7. The minimum atomic E-state index is -0.390. The van der Waals surface area contributed by atoms with Crippen molar-refractivity contribution in [1.29, 1.82) is 0 Å². The van der Waals surface area contributed by atoms with Crippen LogP contribution in [0.1, 0.15) is 27.2 Å². The van der Waals surface area contributed by atoms with Gasteiger partial charge in [0.2, 0.25) is 0 Å². The molecule has 1 fully saturated rings. The lowest BCUT2D eigenvalue weighted by Crippen LogP contribution is -2.27. The number of amides is 2. The Balaban J connectivity index is 1.30. The molecule has 0 unspecified atom stereocenters. The summed E-state index contributed by atoms with van der Waals surface area (Å²) >= 11 is 12.9. The van der Waals surface area contributed by atoms with Gasteiger partial charge in [0.15, 0.2) is 4.32 Å². The summed E-state index contributed by atoms with van der Waals surface area (Å²) in [5.74, 6) is -1.03. The Morgan fingerprint density at radius 1 is 1.00 bits per heavy atom. The molecule has 42 heavy (non-hydrogen) atoms. The van der Waals surface area contributed by atoms with Gasteiger partial charge in [-0.1, -0.05) is 72.0 Å². The SMILES string of the molecule is Cc1c(/C=C2/SC(=S)N(c3cccc(C(=O)Nc4ccc(F)cc4)c3)C2=O)c2ccccc2n1Cc1ccc(Cl)cc1. The summed E-state index contributed by atoms with van der Waals surface area (Å²) in [4.78, 5) is 28.5. The molecule has 4 aromatic carbocycles. The lowest BCUT2D eigenvalue weighted by atomic mass is 10.1. The minimum Gasteiger partial charge on any atom is -0.340 e. The van der Waals surface area contributed by atoms with Crippen LogP contribution in [0.3, 0.4) is 0 Å². The Morgan fingerprint density at radius 2 is 1.74 bits per heavy atom. The van der Waals surface area contributed by atoms with Crippen LogP contribution in [-0.4, -0.2) is 20.7 Å². The van der Waals surface area contributed by atoms with Gasteiger partial charge >= 0.3 is 0 Å². The Kier molecular flexibility index (Phi) is 7.68. The van der Waals surface area contributed by atoms with Gasteiger partial charge in [-0.25, -0.2) is 4.39 Å². The highest BCUT2D eigenvalue weighted by molar-refractivity contribution is 8.27. The molecule has 0 saturated carbocycles. The van der Waals surface area contributed by atoms with E-state index in [0.29, 0.717) is 37.7 Å². The van der Waals surface area contributed by atoms with Gasteiger partial charge < -0.3 is 9.88 Å². The highest BCUT2D eigenvalue weighted by atomic mass is 35.5. The lowest BCUT2D eigenvalue weighted by molar-refractivity contribution is -0.113. The molecule has 0 aliphatic carbocycles. The van der Waals surface area contributed by atoms with Crippen LogP contribution in [0.25, 0.3) is 17.0 Å². The first-order valence-electron chi connectivity index (χ1n) is 13.1. The molecule has 1 aromatic heterocycles. The molecular formula is C33H23ClFN3O2S2. The summed E-state index contributed by atoms with van der Waals surface area (Å²) < 4.78 is 15.9. The Hall–Kier alpha value is -4.24. The number of nitrogens with one attached hydrogen (secondary N) is 1. The van der Waals surface area contributed by atoms with E-state index < -0.39 is 5.82 Å². The zero-order chi connectivity index (χ0) is 29.4. The maximum Gasteiger partial charge on any atom is 0.270 e. The van der Waals surface area contributed by atoms with Crippen LogP contribution in [0.15, 0.2) is 102 Å². The molecule has 208 valence electrons. The molecule has 5 aromatic rings. The molecule has 2 amide bonds. The number of benzene rings is 4. The number of aromatic nitrogens is 1. The van der Waals surface area contributed by atoms with Crippen molar-refractivity contribution in [2.75, 3.05) is 10.2 Å². The predicted molar refractivity (Wildman–Crippen MR) is 174 cm³/mol. The number of anilines is 2. The highest BCUT2D eigenvalue weighted by Gasteiger charge is 2.34. The monoisotopic (exact) mass is 611 g/mol. The van der Waals surface area contributed by atoms with Crippen molar-refractivity contribution in [3.8, 4) is 0 Å². The van der Waals surface area contributed by atoms with Gasteiger partial charge in [-0.15, -0.1) is 0 Å². The number of carbonyl (C=O) groups excluding carboxylic acids is 2. The third-order valence-corrected chi connectivity index (χ3v) is 8.63. The number of carbonyl (C=O) groups is 2. The fourth-order valence-electron chi connectivity index (χ4n) is 4.96. The van der Waals surface area contributed by atoms with Crippen LogP contribution in [-0.2, 0) is 11.3 Å². The van der Waals surface area contributed by atoms with Crippen LogP contribution in [0.5, 0.6) is 0 Å². The number of rotatable bonds is 6. The highest BCUT2D eigenvalue weighted by Crippen LogP contribution is 2.38. The van der Waals surface area contributed by atoms with Crippen molar-refractivity contribution in [2.45, 2.75) is 13.5 Å². The first kappa shape index (κ1) is 27.9. The number of thioether (sulfide) groups is 1. The van der Waals surface area contributed by atoms with E-state index in [9.17, 15) is 14.0 Å². The third-order valence-electron chi connectivity index (χ3n) is 7.07. The molecule has 0 radical (unpaired) electrons. The largest absolute Gasteiger partial charge is 0.340 e. The molecule has 1 aliphatic heterocycles. The average molecular weight is 612 g/mol. The normalized spacial score (nSPS) is 14.3. The molecule has 0 atom stereocenters. The van der Waals surface area contributed by atoms with Gasteiger partial charge in [0.1, 0.15) is 5.82 Å². The Bertz CT molecular complexity index is 1900. The minimum absolute atomic E-state index is 0.255. The van der Waals surface area contributed by atoms with E-state index in [1.54, 1.807) is 24.3 Å². The summed E-state index contributed by atoms with van der Waals surface area (Å²) in [5.41, 5.74) is 5.45. The average Bonchev–Trinajstić information content (AvgIpc) is 3.42. The molecule has 1 N–H and O–H groups in total. The Morgan fingerprint density at radius 3 is 2.50 bits per heavy atom. The van der Waals surface area contributed by atoms with E-state index in [2.05, 4.69) is 22.0 Å². The Labute approximate surface area is 256 Å². The predicted octanol–water partition coefficient (Wildman–Crippen LogP) is 8.45. The van der Waals surface area contributed by atoms with E-state index in [1.807, 2.05) is 49.4 Å². The van der Waals surface area contributed by atoms with Crippen molar-refractivity contribution < 1.29 is 14.0 Å². The van der Waals surface area contributed by atoms with Crippen LogP contribution < -0.4 is 10.2 Å². The summed E-state index contributed by atoms with van der Waals surface area (Å²) in [7, 11) is 0. The second kappa shape index (κ2) is 11.6. The van der Waals surface area contributed by atoms with Crippen LogP contribution >= 0.6 is 35.6 Å². The van der Waals surface area contributed by atoms with Gasteiger partial charge in [0.05, 0.1) is 10.6 Å². The topological polar surface area (TPSA) is 54.3 Å². The molecule has 0 spiro atoms. The van der Waals surface area contributed by atoms with Crippen molar-refractivity contribution in [2.24, 2.45) is 0 Å². The maximum absolute atomic E-state index is 13.7. The fraction of sp³-hybridized carbons (Fsp3) is 0.0606. The molecule has 9 heteroatoms. The van der Waals surface area contributed by atoms with Crippen molar-refractivity contribution >= 4 is 80.1 Å². The van der Waals surface area contributed by atoms with E-state index in [4.69, 9.17) is 23.8 Å². The van der Waals surface area contributed by atoms with Crippen LogP contribution in [0.4, 0.5) is 15.8 Å². The first-order valence-corrected chi connectivity index (χ1v) is 14.7. The fourth-order valence-corrected chi connectivity index (χ4v) is 6.37. The third kappa shape index (κ3) is 5.48. The van der Waals surface area contributed by atoms with Gasteiger partial charge in [0, 0.05) is 45.0 Å². The summed E-state index contributed by atoms with van der Waals surface area (Å²) in [6.45, 7) is 2.71. The number of thiocarbonyl (C=S) groups is 1. The van der Waals surface area contributed by atoms with Crippen molar-refractivity contribution in [3.63, 3.8) is 0 Å². The molecule has 0 bridgehead atoms. The quantitative estimate of drug-likeness (QED) is 0.155. The van der Waals surface area contributed by atoms with Gasteiger partial charge in [0.25, 0.3) is 11.8 Å². The van der Waals surface area contributed by atoms with E-state index in [1.165, 1.54) is 40.9 Å². The summed E-state index contributed by atoms with van der Waals surface area (Å²) in [6.07, 6.45) is 1.90. The number of para-hydroxylation sites is 1. The van der Waals surface area contributed by atoms with Gasteiger partial charge in [-0.3, -0.25) is 14.5 Å². The van der Waals surface area contributed by atoms with Crippen LogP contribution in [0, 0.1) is 12.7 Å². The smallest absolute Gasteiger partial charge is 0.270 e. The van der Waals surface area contributed by atoms with E-state index >= 15 is 0 Å². The molecule has 1 aliphatic rings. The number of hydrogen-bond acceptors (Lipinski definition) is 4. The van der Waals surface area contributed by atoms with Gasteiger partial charge in [-0.2, -0.15) is 0 Å². The number of halogens is 2. The zero-order valence-electron chi connectivity index (χ0n) is 22.3. The van der Waals surface area contributed by atoms with E-state index in [-0.39, 0.29) is 11.8 Å². The number of hydrogen-bond donors (Lipinski definition) is 1. The lowest BCUT2D eigenvalue weighted by Gasteiger charge is -2.15. The van der Waals surface area contributed by atoms with Crippen molar-refractivity contribution in [1.82, 2.24) is 4.57 Å². The molecule has 2 heterocycles.